The van der Waals surface area contributed by atoms with Gasteiger partial charge in [-0.2, -0.15) is 0 Å². The van der Waals surface area contributed by atoms with Crippen molar-refractivity contribution in [3.05, 3.63) is 57.2 Å². The molecule has 1 saturated heterocycles. The average Bonchev–Trinajstić information content (AvgIpc) is 3.16. The molecule has 4 nitrogen and oxygen atoms in total. The molecule has 1 fully saturated rings. The van der Waals surface area contributed by atoms with Crippen LogP contribution < -0.4 is 5.32 Å². The van der Waals surface area contributed by atoms with E-state index in [2.05, 4.69) is 5.32 Å². The quantitative estimate of drug-likeness (QED) is 0.872. The number of nitrogens with one attached hydrogen (secondary N) is 1. The van der Waals surface area contributed by atoms with Gasteiger partial charge in [-0.3, -0.25) is 9.59 Å². The topological polar surface area (TPSA) is 49.4 Å². The lowest BCUT2D eigenvalue weighted by atomic mass is 9.95. The van der Waals surface area contributed by atoms with Crippen LogP contribution in [0.5, 0.6) is 0 Å². The SMILES string of the molecule is CC(NC(=O)C1CCN(C(=O)c2cccs2)CC1)c1ccccc1Cl. The highest BCUT2D eigenvalue weighted by atomic mass is 35.5. The van der Waals surface area contributed by atoms with E-state index in [4.69, 9.17) is 11.6 Å². The van der Waals surface area contributed by atoms with E-state index in [-0.39, 0.29) is 23.8 Å². The minimum atomic E-state index is -0.132. The summed E-state index contributed by atoms with van der Waals surface area (Å²) < 4.78 is 0. The van der Waals surface area contributed by atoms with E-state index in [1.165, 1.54) is 11.3 Å². The van der Waals surface area contributed by atoms with Gasteiger partial charge < -0.3 is 10.2 Å². The van der Waals surface area contributed by atoms with Crippen molar-refractivity contribution in [2.75, 3.05) is 13.1 Å². The van der Waals surface area contributed by atoms with Crippen molar-refractivity contribution in [3.8, 4) is 0 Å². The molecule has 1 aliphatic heterocycles. The monoisotopic (exact) mass is 376 g/mol. The van der Waals surface area contributed by atoms with Gasteiger partial charge >= 0.3 is 0 Å². The average molecular weight is 377 g/mol. The van der Waals surface area contributed by atoms with Gasteiger partial charge in [-0.25, -0.2) is 0 Å². The predicted molar refractivity (Wildman–Crippen MR) is 101 cm³/mol. The van der Waals surface area contributed by atoms with Crippen molar-refractivity contribution in [3.63, 3.8) is 0 Å². The number of carbonyl (C=O) groups is 2. The molecular weight excluding hydrogens is 356 g/mol. The number of amides is 2. The number of hydrogen-bond acceptors (Lipinski definition) is 3. The second-order valence-electron chi connectivity index (χ2n) is 6.30. The van der Waals surface area contributed by atoms with Crippen LogP contribution in [0.25, 0.3) is 0 Å². The van der Waals surface area contributed by atoms with E-state index in [1.807, 2.05) is 53.6 Å². The van der Waals surface area contributed by atoms with Crippen LogP contribution >= 0.6 is 22.9 Å². The summed E-state index contributed by atoms with van der Waals surface area (Å²) in [4.78, 5) is 27.5. The van der Waals surface area contributed by atoms with Crippen LogP contribution in [0.15, 0.2) is 41.8 Å². The summed E-state index contributed by atoms with van der Waals surface area (Å²) >= 11 is 7.65. The lowest BCUT2D eigenvalue weighted by molar-refractivity contribution is -0.126. The first-order chi connectivity index (χ1) is 12.1. The van der Waals surface area contributed by atoms with Crippen LogP contribution in [0.1, 0.15) is 41.0 Å². The first-order valence-electron chi connectivity index (χ1n) is 8.44. The maximum absolute atomic E-state index is 12.5. The highest BCUT2D eigenvalue weighted by molar-refractivity contribution is 7.12. The zero-order valence-electron chi connectivity index (χ0n) is 14.1. The van der Waals surface area contributed by atoms with E-state index >= 15 is 0 Å². The molecule has 2 aromatic rings. The molecular formula is C19H21ClN2O2S. The largest absolute Gasteiger partial charge is 0.349 e. The third-order valence-corrected chi connectivity index (χ3v) is 5.82. The molecule has 1 aliphatic rings. The van der Waals surface area contributed by atoms with E-state index in [0.717, 1.165) is 10.4 Å². The van der Waals surface area contributed by atoms with Gasteiger partial charge in [0.25, 0.3) is 5.91 Å². The Labute approximate surface area is 156 Å². The molecule has 1 aromatic heterocycles. The second kappa shape index (κ2) is 8.02. The number of halogens is 1. The van der Waals surface area contributed by atoms with Crippen molar-refractivity contribution in [2.45, 2.75) is 25.8 Å². The van der Waals surface area contributed by atoms with E-state index in [0.29, 0.717) is 31.0 Å². The Morgan fingerprint density at radius 3 is 2.56 bits per heavy atom. The predicted octanol–water partition coefficient (Wildman–Crippen LogP) is 4.13. The molecule has 0 saturated carbocycles. The van der Waals surface area contributed by atoms with E-state index in [1.54, 1.807) is 0 Å². The normalized spacial score (nSPS) is 16.5. The third kappa shape index (κ3) is 4.22. The Hall–Kier alpha value is -1.85. The molecule has 0 radical (unpaired) electrons. The fourth-order valence-corrected chi connectivity index (χ4v) is 4.13. The van der Waals surface area contributed by atoms with E-state index < -0.39 is 0 Å². The number of hydrogen-bond donors (Lipinski definition) is 1. The van der Waals surface area contributed by atoms with Gasteiger partial charge in [0.1, 0.15) is 0 Å². The van der Waals surface area contributed by atoms with Crippen LogP contribution in [0.4, 0.5) is 0 Å². The van der Waals surface area contributed by atoms with Crippen molar-refractivity contribution in [1.82, 2.24) is 10.2 Å². The first kappa shape index (κ1) is 18.0. The van der Waals surface area contributed by atoms with Crippen molar-refractivity contribution < 1.29 is 9.59 Å². The van der Waals surface area contributed by atoms with Crippen LogP contribution in [-0.2, 0) is 4.79 Å². The minimum Gasteiger partial charge on any atom is -0.349 e. The number of rotatable bonds is 4. The van der Waals surface area contributed by atoms with Gasteiger partial charge in [-0.05, 0) is 42.8 Å². The highest BCUT2D eigenvalue weighted by Gasteiger charge is 2.29. The van der Waals surface area contributed by atoms with Crippen LogP contribution in [0.2, 0.25) is 5.02 Å². The number of carbonyl (C=O) groups excluding carboxylic acids is 2. The number of benzene rings is 1. The van der Waals surface area contributed by atoms with Crippen molar-refractivity contribution in [2.24, 2.45) is 5.92 Å². The molecule has 3 rings (SSSR count). The molecule has 1 aromatic carbocycles. The lowest BCUT2D eigenvalue weighted by Crippen LogP contribution is -2.43. The Bertz CT molecular complexity index is 740. The molecule has 0 aliphatic carbocycles. The van der Waals surface area contributed by atoms with Gasteiger partial charge in [0, 0.05) is 24.0 Å². The molecule has 0 bridgehead atoms. The fourth-order valence-electron chi connectivity index (χ4n) is 3.14. The molecule has 6 heteroatoms. The minimum absolute atomic E-state index is 0.0376. The zero-order chi connectivity index (χ0) is 17.8. The first-order valence-corrected chi connectivity index (χ1v) is 9.69. The summed E-state index contributed by atoms with van der Waals surface area (Å²) in [5.41, 5.74) is 0.919. The highest BCUT2D eigenvalue weighted by Crippen LogP contribution is 2.25. The molecule has 25 heavy (non-hydrogen) atoms. The molecule has 132 valence electrons. The third-order valence-electron chi connectivity index (χ3n) is 4.62. The number of piperidine rings is 1. The standard InChI is InChI=1S/C19H21ClN2O2S/c1-13(15-5-2-3-6-16(15)20)21-18(23)14-8-10-22(11-9-14)19(24)17-7-4-12-25-17/h2-7,12-14H,8-11H2,1H3,(H,21,23). The fraction of sp³-hybridized carbons (Fsp3) is 0.368. The Morgan fingerprint density at radius 2 is 1.92 bits per heavy atom. The number of nitrogens with zero attached hydrogens (tertiary/aromatic N) is 1. The summed E-state index contributed by atoms with van der Waals surface area (Å²) in [7, 11) is 0. The second-order valence-corrected chi connectivity index (χ2v) is 7.65. The Balaban J connectivity index is 1.53. The molecule has 1 N–H and O–H groups in total. The summed E-state index contributed by atoms with van der Waals surface area (Å²) in [5.74, 6) is 0.0475. The Morgan fingerprint density at radius 1 is 1.20 bits per heavy atom. The van der Waals surface area contributed by atoms with Gasteiger partial charge in [0.2, 0.25) is 5.91 Å². The van der Waals surface area contributed by atoms with Gasteiger partial charge in [-0.15, -0.1) is 11.3 Å². The molecule has 1 atom stereocenters. The van der Waals surface area contributed by atoms with Gasteiger partial charge in [0.15, 0.2) is 0 Å². The lowest BCUT2D eigenvalue weighted by Gasteiger charge is -2.31. The zero-order valence-corrected chi connectivity index (χ0v) is 15.6. The van der Waals surface area contributed by atoms with Crippen LogP contribution in [0.3, 0.4) is 0 Å². The van der Waals surface area contributed by atoms with Gasteiger partial charge in [0.05, 0.1) is 10.9 Å². The van der Waals surface area contributed by atoms with Gasteiger partial charge in [-0.1, -0.05) is 35.9 Å². The molecule has 0 spiro atoms. The number of likely N-dealkylation sites (tertiary alicyclic amines) is 1. The summed E-state index contributed by atoms with van der Waals surface area (Å²) in [5, 5.41) is 5.62. The maximum Gasteiger partial charge on any atom is 0.263 e. The molecule has 2 amide bonds. The van der Waals surface area contributed by atoms with Crippen molar-refractivity contribution in [1.29, 1.82) is 0 Å². The summed E-state index contributed by atoms with van der Waals surface area (Å²) in [6.45, 7) is 3.18. The van der Waals surface area contributed by atoms with E-state index in [9.17, 15) is 9.59 Å². The summed E-state index contributed by atoms with van der Waals surface area (Å²) in [6.07, 6.45) is 1.39. The number of thiophene rings is 1. The van der Waals surface area contributed by atoms with Crippen LogP contribution in [-0.4, -0.2) is 29.8 Å². The summed E-state index contributed by atoms with van der Waals surface area (Å²) in [6, 6.07) is 11.1. The smallest absolute Gasteiger partial charge is 0.263 e. The Kier molecular flexibility index (Phi) is 5.76. The maximum atomic E-state index is 12.5. The van der Waals surface area contributed by atoms with Crippen molar-refractivity contribution >= 4 is 34.8 Å². The van der Waals surface area contributed by atoms with Crippen LogP contribution in [0, 0.1) is 5.92 Å². The molecule has 2 heterocycles. The molecule has 1 unspecified atom stereocenters.